The summed E-state index contributed by atoms with van der Waals surface area (Å²) < 4.78 is 22.1. The summed E-state index contributed by atoms with van der Waals surface area (Å²) in [7, 11) is 6.48. The Morgan fingerprint density at radius 1 is 0.491 bits per heavy atom. The summed E-state index contributed by atoms with van der Waals surface area (Å²) >= 11 is 22.3. The smallest absolute Gasteiger partial charge is 0.322 e. The summed E-state index contributed by atoms with van der Waals surface area (Å²) in [6.07, 6.45) is 3.26. The summed E-state index contributed by atoms with van der Waals surface area (Å²) in [6.45, 7) is 7.70. The van der Waals surface area contributed by atoms with Crippen molar-refractivity contribution in [1.82, 2.24) is 45.3 Å². The van der Waals surface area contributed by atoms with E-state index in [1.807, 2.05) is 191 Å². The lowest BCUT2D eigenvalue weighted by Crippen LogP contribution is -2.45. The predicted molar refractivity (Wildman–Crippen MR) is 463 cm³/mol. The first kappa shape index (κ1) is 79.7. The van der Waals surface area contributed by atoms with Crippen LogP contribution in [0.25, 0.3) is 43.6 Å². The maximum absolute atomic E-state index is 13.4. The topological polar surface area (TPSA) is 240 Å². The fourth-order valence-electron chi connectivity index (χ4n) is 16.4. The third-order valence-electron chi connectivity index (χ3n) is 22.1. The van der Waals surface area contributed by atoms with Crippen LogP contribution in [0.3, 0.4) is 0 Å². The number of ether oxygens (including phenoxy) is 4. The number of hydrogen-bond donors (Lipinski definition) is 7. The lowest BCUT2D eigenvalue weighted by molar-refractivity contribution is -0.384. The molecule has 4 aromatic heterocycles. The minimum atomic E-state index is -0.381. The molecular formula is C92H87BrCl3N11O9. The molecule has 0 spiro atoms. The van der Waals surface area contributed by atoms with Crippen molar-refractivity contribution in [3.05, 3.63) is 333 Å². The molecule has 18 rings (SSSR count). The van der Waals surface area contributed by atoms with E-state index < -0.39 is 0 Å². The lowest BCUT2D eigenvalue weighted by atomic mass is 9.91. The Morgan fingerprint density at radius 3 is 1.37 bits per heavy atom. The fraction of sp³-hybridized carbons (Fsp3) is 0.228. The van der Waals surface area contributed by atoms with E-state index >= 15 is 0 Å². The standard InChI is InChI=1S/C26H24ClN3O3.C26H24ClN3O2.C23H25BrN2O2.C17H14ClN3O2/c1-32-19-8-3-16(4-9-19)25-24-21(22-15-17(27)5-12-23(22)29-24)13-14-30(25)26(31)28-18-6-10-20(33-2)11-7-18;1-32-20-10-7-18(8-11-20)25-24-21(22-15-19(27)9-12-23(22)29-24)13-14-30(25)26(31)28-16-17-5-3-2-4-6-17;1-14(2)15-4-6-16(7-5-15)23-22-18(10-11-26(23)21(27)13-28-3)19-12-17(24)8-9-20(19)25-22;18-11-3-6-15-14(9-11)13-7-8-19-16(17(13)20-15)10-1-4-12(5-2-10)21(22)23/h3-12,15,25,29H,13-14H2,1-2H3,(H,28,31);2-12,15,25,29H,13-14,16H2,1H3,(H,28,31);4-9,12,14,23,25H,10-11,13H2,1-3H3;1-6,9,16,19-20H,7-8H2. The Bertz CT molecular complexity index is 5900. The molecule has 20 nitrogen and oxygen atoms in total. The largest absolute Gasteiger partial charge is 0.497 e. The first-order valence-corrected chi connectivity index (χ1v) is 40.4. The maximum Gasteiger partial charge on any atom is 0.322 e. The van der Waals surface area contributed by atoms with Gasteiger partial charge in [-0.25, -0.2) is 9.59 Å². The molecule has 0 bridgehead atoms. The number of anilines is 1. The van der Waals surface area contributed by atoms with Gasteiger partial charge in [0.2, 0.25) is 5.91 Å². The van der Waals surface area contributed by atoms with Gasteiger partial charge in [0.15, 0.2) is 0 Å². The molecule has 5 amide bonds. The number of nitrogens with zero attached hydrogens (tertiary/aromatic N) is 4. The number of H-pyrrole nitrogens is 4. The number of urea groups is 2. The number of hydrogen-bond acceptors (Lipinski definition) is 10. The highest BCUT2D eigenvalue weighted by Crippen LogP contribution is 2.45. The van der Waals surface area contributed by atoms with Crippen molar-refractivity contribution in [2.75, 3.05) is 66.5 Å². The number of fused-ring (bicyclic) bond motifs is 12. The van der Waals surface area contributed by atoms with E-state index in [2.05, 4.69) is 102 Å². The van der Waals surface area contributed by atoms with E-state index in [4.69, 9.17) is 53.8 Å². The number of nitro groups is 1. The highest BCUT2D eigenvalue weighted by molar-refractivity contribution is 9.10. The van der Waals surface area contributed by atoms with Crippen molar-refractivity contribution < 1.29 is 38.3 Å². The number of nitrogens with one attached hydrogen (secondary N) is 7. The molecule has 4 aliphatic heterocycles. The number of methoxy groups -OCH3 is 4. The summed E-state index contributed by atoms with van der Waals surface area (Å²) in [5.41, 5.74) is 20.8. The molecule has 4 atom stereocenters. The molecule has 24 heteroatoms. The minimum absolute atomic E-state index is 0.00531. The Balaban J connectivity index is 0.000000122. The number of carbonyl (C=O) groups excluding carboxylic acids is 3. The summed E-state index contributed by atoms with van der Waals surface area (Å²) in [4.78, 5) is 69.9. The van der Waals surface area contributed by atoms with Gasteiger partial charge in [-0.05, 0) is 209 Å². The van der Waals surface area contributed by atoms with Crippen LogP contribution < -0.4 is 30.2 Å². The van der Waals surface area contributed by atoms with Gasteiger partial charge in [0, 0.05) is 144 Å². The average molecular weight is 1680 g/mol. The summed E-state index contributed by atoms with van der Waals surface area (Å²) in [5.74, 6) is 2.79. The molecule has 592 valence electrons. The molecule has 0 saturated carbocycles. The van der Waals surface area contributed by atoms with Crippen LogP contribution in [0.5, 0.6) is 17.2 Å². The highest BCUT2D eigenvalue weighted by Gasteiger charge is 2.39. The van der Waals surface area contributed by atoms with E-state index in [9.17, 15) is 24.5 Å². The maximum atomic E-state index is 13.4. The highest BCUT2D eigenvalue weighted by atomic mass is 79.9. The molecule has 0 fully saturated rings. The normalized spacial score (nSPS) is 16.0. The van der Waals surface area contributed by atoms with Crippen LogP contribution in [0.2, 0.25) is 15.1 Å². The van der Waals surface area contributed by atoms with Crippen LogP contribution in [0.1, 0.15) is 122 Å². The van der Waals surface area contributed by atoms with Crippen molar-refractivity contribution in [3.63, 3.8) is 0 Å². The third kappa shape index (κ3) is 16.9. The number of amides is 5. The number of rotatable bonds is 14. The second-order valence-electron chi connectivity index (χ2n) is 29.3. The zero-order valence-corrected chi connectivity index (χ0v) is 68.6. The Kier molecular flexibility index (Phi) is 24.2. The molecule has 8 heterocycles. The number of aromatic amines is 4. The van der Waals surface area contributed by atoms with Gasteiger partial charge >= 0.3 is 12.1 Å². The van der Waals surface area contributed by atoms with Gasteiger partial charge in [-0.3, -0.25) is 14.9 Å². The van der Waals surface area contributed by atoms with Crippen molar-refractivity contribution in [1.29, 1.82) is 0 Å². The summed E-state index contributed by atoms with van der Waals surface area (Å²) in [5, 5.41) is 27.2. The SMILES string of the molecule is COCC(=O)N1CCc2c([nH]c3ccc(Br)cc23)C1c1ccc(C(C)C)cc1.COc1ccc(C2c3[nH]c4ccc(Cl)cc4c3CCN2C(=O)NCc2ccccc2)cc1.COc1ccc(NC(=O)N2CCc3c([nH]c4ccc(Cl)cc34)C2c2ccc(OC)cc2)cc1.O=[N+]([O-])c1ccc(C2NCCc3c2[nH]c2ccc(Cl)cc32)cc1. The Morgan fingerprint density at radius 2 is 0.905 bits per heavy atom. The van der Waals surface area contributed by atoms with Crippen molar-refractivity contribution in [2.45, 2.75) is 76.2 Å². The van der Waals surface area contributed by atoms with E-state index in [0.717, 1.165) is 148 Å². The molecular weight excluding hydrogens is 1590 g/mol. The van der Waals surface area contributed by atoms with Crippen LogP contribution in [-0.2, 0) is 41.8 Å². The van der Waals surface area contributed by atoms with E-state index in [1.54, 1.807) is 40.6 Å². The van der Waals surface area contributed by atoms with Gasteiger partial charge in [0.05, 0.1) is 50.4 Å². The van der Waals surface area contributed by atoms with E-state index in [-0.39, 0.29) is 59.4 Å². The number of non-ortho nitro benzene ring substituents is 1. The molecule has 10 aromatic carbocycles. The molecule has 7 N–H and O–H groups in total. The lowest BCUT2D eigenvalue weighted by Gasteiger charge is -2.36. The van der Waals surface area contributed by atoms with Crippen molar-refractivity contribution in [3.8, 4) is 17.2 Å². The van der Waals surface area contributed by atoms with Crippen LogP contribution in [-0.4, -0.2) is 119 Å². The van der Waals surface area contributed by atoms with Crippen LogP contribution >= 0.6 is 50.7 Å². The number of carbonyl (C=O) groups is 3. The summed E-state index contributed by atoms with van der Waals surface area (Å²) in [6, 6.07) is 71.4. The van der Waals surface area contributed by atoms with Gasteiger partial charge in [-0.15, -0.1) is 0 Å². The van der Waals surface area contributed by atoms with Gasteiger partial charge in [0.25, 0.3) is 5.69 Å². The molecule has 4 aliphatic rings. The molecule has 4 unspecified atom stereocenters. The number of aromatic nitrogens is 4. The average Bonchev–Trinajstić information content (AvgIpc) is 1.59. The molecule has 0 aliphatic carbocycles. The third-order valence-corrected chi connectivity index (χ3v) is 23.3. The van der Waals surface area contributed by atoms with Gasteiger partial charge in [-0.1, -0.05) is 156 Å². The fourth-order valence-corrected chi connectivity index (χ4v) is 17.3. The Hall–Kier alpha value is -11.6. The van der Waals surface area contributed by atoms with Crippen LogP contribution in [0.15, 0.2) is 229 Å². The van der Waals surface area contributed by atoms with E-state index in [0.29, 0.717) is 47.8 Å². The molecule has 14 aromatic rings. The van der Waals surface area contributed by atoms with E-state index in [1.165, 1.54) is 33.2 Å². The second kappa shape index (κ2) is 35.3. The number of benzene rings is 10. The monoisotopic (exact) mass is 1670 g/mol. The van der Waals surface area contributed by atoms with Gasteiger partial charge < -0.3 is 69.5 Å². The first-order chi connectivity index (χ1) is 56.3. The first-order valence-electron chi connectivity index (χ1n) is 38.5. The van der Waals surface area contributed by atoms with Crippen molar-refractivity contribution in [2.24, 2.45) is 0 Å². The minimum Gasteiger partial charge on any atom is -0.497 e. The van der Waals surface area contributed by atoms with Crippen LogP contribution in [0, 0.1) is 10.1 Å². The van der Waals surface area contributed by atoms with Gasteiger partial charge in [0.1, 0.15) is 23.9 Å². The quantitative estimate of drug-likeness (QED) is 0.0401. The molecule has 0 radical (unpaired) electrons. The number of nitro benzene ring substituents is 1. The second-order valence-corrected chi connectivity index (χ2v) is 31.6. The zero-order valence-electron chi connectivity index (χ0n) is 64.8. The number of halogens is 4. The van der Waals surface area contributed by atoms with Crippen LogP contribution in [0.4, 0.5) is 21.0 Å². The predicted octanol–water partition coefficient (Wildman–Crippen LogP) is 20.8. The zero-order chi connectivity index (χ0) is 80.8. The van der Waals surface area contributed by atoms with Crippen molar-refractivity contribution >= 4 is 124 Å². The Labute approximate surface area is 695 Å². The van der Waals surface area contributed by atoms with Gasteiger partial charge in [-0.2, -0.15) is 0 Å². The molecule has 116 heavy (non-hydrogen) atoms. The molecule has 0 saturated heterocycles.